The fourth-order valence-corrected chi connectivity index (χ4v) is 6.06. The SMILES string of the molecule is NCCN1C2=C(c3ccc4c(c3)OCO4)N(c3nc4ccccc4s3)C=CC2c2ccccc21. The van der Waals surface area contributed by atoms with E-state index in [1.807, 2.05) is 12.1 Å². The van der Waals surface area contributed by atoms with Crippen molar-refractivity contribution < 1.29 is 9.47 Å². The number of benzene rings is 3. The Balaban J connectivity index is 1.47. The Hall–Kier alpha value is -3.81. The summed E-state index contributed by atoms with van der Waals surface area (Å²) in [4.78, 5) is 9.56. The third-order valence-electron chi connectivity index (χ3n) is 6.55. The van der Waals surface area contributed by atoms with Gasteiger partial charge in [0.15, 0.2) is 16.6 Å². The second-order valence-electron chi connectivity index (χ2n) is 8.45. The predicted octanol–water partition coefficient (Wildman–Crippen LogP) is 5.29. The number of ether oxygens (including phenoxy) is 2. The lowest BCUT2D eigenvalue weighted by Gasteiger charge is -2.33. The molecule has 0 fully saturated rings. The van der Waals surface area contributed by atoms with Gasteiger partial charge in [-0.1, -0.05) is 47.7 Å². The van der Waals surface area contributed by atoms with Gasteiger partial charge in [0.05, 0.1) is 21.6 Å². The number of anilines is 2. The van der Waals surface area contributed by atoms with Crippen molar-refractivity contribution in [1.82, 2.24) is 4.98 Å². The number of allylic oxidation sites excluding steroid dienone is 1. The molecule has 3 aromatic carbocycles. The molecule has 0 radical (unpaired) electrons. The van der Waals surface area contributed by atoms with Crippen molar-refractivity contribution in [2.45, 2.75) is 5.92 Å². The molecule has 168 valence electrons. The highest BCUT2D eigenvalue weighted by molar-refractivity contribution is 7.22. The maximum Gasteiger partial charge on any atom is 0.231 e. The molecule has 3 aliphatic rings. The van der Waals surface area contributed by atoms with Gasteiger partial charge in [-0.05, 0) is 42.0 Å². The average Bonchev–Trinajstić information content (AvgIpc) is 3.59. The standard InChI is InChI=1S/C27H22N4O2S/c28-12-14-30-21-7-3-1-5-18(21)19-11-13-31(27-29-20-6-2-4-8-24(20)34-27)25(26(19)30)17-9-10-22-23(15-17)33-16-32-22/h1-11,13,15,19H,12,14,16,28H2. The Morgan fingerprint density at radius 2 is 1.85 bits per heavy atom. The van der Waals surface area contributed by atoms with Gasteiger partial charge in [-0.2, -0.15) is 0 Å². The number of thiazole rings is 1. The zero-order valence-electron chi connectivity index (χ0n) is 18.3. The zero-order valence-corrected chi connectivity index (χ0v) is 19.2. The van der Waals surface area contributed by atoms with Crippen molar-refractivity contribution in [3.8, 4) is 11.5 Å². The number of hydrogen-bond acceptors (Lipinski definition) is 7. The molecule has 0 bridgehead atoms. The smallest absolute Gasteiger partial charge is 0.231 e. The maximum atomic E-state index is 6.10. The normalized spacial score (nSPS) is 18.1. The highest BCUT2D eigenvalue weighted by atomic mass is 32.1. The van der Waals surface area contributed by atoms with Crippen LogP contribution in [-0.4, -0.2) is 24.9 Å². The van der Waals surface area contributed by atoms with Crippen LogP contribution in [-0.2, 0) is 0 Å². The second-order valence-corrected chi connectivity index (χ2v) is 9.46. The number of hydrogen-bond donors (Lipinski definition) is 1. The summed E-state index contributed by atoms with van der Waals surface area (Å²) in [6.07, 6.45) is 4.43. The summed E-state index contributed by atoms with van der Waals surface area (Å²) in [5.41, 5.74) is 13.0. The highest BCUT2D eigenvalue weighted by Gasteiger charge is 2.39. The van der Waals surface area contributed by atoms with E-state index in [2.05, 4.69) is 76.7 Å². The predicted molar refractivity (Wildman–Crippen MR) is 136 cm³/mol. The Morgan fingerprint density at radius 1 is 1.00 bits per heavy atom. The molecule has 0 spiro atoms. The summed E-state index contributed by atoms with van der Waals surface area (Å²) in [7, 11) is 0. The van der Waals surface area contributed by atoms with E-state index in [0.717, 1.165) is 44.7 Å². The molecule has 0 amide bonds. The first-order chi connectivity index (χ1) is 16.8. The van der Waals surface area contributed by atoms with Gasteiger partial charge in [0.2, 0.25) is 6.79 Å². The van der Waals surface area contributed by atoms with Gasteiger partial charge in [-0.25, -0.2) is 4.98 Å². The fourth-order valence-electron chi connectivity index (χ4n) is 5.10. The quantitative estimate of drug-likeness (QED) is 0.441. The lowest BCUT2D eigenvalue weighted by Crippen LogP contribution is -2.32. The van der Waals surface area contributed by atoms with Gasteiger partial charge < -0.3 is 20.1 Å². The van der Waals surface area contributed by atoms with Crippen LogP contribution in [0.3, 0.4) is 0 Å². The summed E-state index contributed by atoms with van der Waals surface area (Å²) < 4.78 is 12.5. The first-order valence-electron chi connectivity index (χ1n) is 11.4. The largest absolute Gasteiger partial charge is 0.454 e. The van der Waals surface area contributed by atoms with Crippen LogP contribution in [0.2, 0.25) is 0 Å². The third-order valence-corrected chi connectivity index (χ3v) is 7.58. The van der Waals surface area contributed by atoms with E-state index in [9.17, 15) is 0 Å². The van der Waals surface area contributed by atoms with E-state index in [0.29, 0.717) is 6.54 Å². The van der Waals surface area contributed by atoms with Crippen LogP contribution in [0.15, 0.2) is 84.7 Å². The van der Waals surface area contributed by atoms with Crippen molar-refractivity contribution in [2.24, 2.45) is 5.73 Å². The van der Waals surface area contributed by atoms with Crippen molar-refractivity contribution in [3.05, 3.63) is 95.8 Å². The fraction of sp³-hybridized carbons (Fsp3) is 0.148. The van der Waals surface area contributed by atoms with Crippen LogP contribution in [0.5, 0.6) is 11.5 Å². The summed E-state index contributed by atoms with van der Waals surface area (Å²) in [5, 5.41) is 0.930. The Kier molecular flexibility index (Phi) is 4.40. The lowest BCUT2D eigenvalue weighted by atomic mass is 9.93. The first kappa shape index (κ1) is 19.6. The van der Waals surface area contributed by atoms with Crippen molar-refractivity contribution in [3.63, 3.8) is 0 Å². The van der Waals surface area contributed by atoms with E-state index in [1.54, 1.807) is 11.3 Å². The van der Waals surface area contributed by atoms with Crippen molar-refractivity contribution in [1.29, 1.82) is 0 Å². The molecule has 7 heteroatoms. The number of para-hydroxylation sites is 2. The first-order valence-corrected chi connectivity index (χ1v) is 12.2. The number of nitrogens with zero attached hydrogens (tertiary/aromatic N) is 3. The van der Waals surface area contributed by atoms with Crippen LogP contribution in [0.25, 0.3) is 15.9 Å². The van der Waals surface area contributed by atoms with E-state index >= 15 is 0 Å². The Bertz CT molecular complexity index is 1460. The number of rotatable bonds is 4. The van der Waals surface area contributed by atoms with E-state index in [-0.39, 0.29) is 12.7 Å². The molecule has 0 saturated carbocycles. The van der Waals surface area contributed by atoms with Crippen LogP contribution >= 0.6 is 11.3 Å². The van der Waals surface area contributed by atoms with E-state index < -0.39 is 0 Å². The molecule has 7 rings (SSSR count). The lowest BCUT2D eigenvalue weighted by molar-refractivity contribution is 0.174. The minimum atomic E-state index is 0.147. The van der Waals surface area contributed by atoms with Gasteiger partial charge in [-0.3, -0.25) is 4.90 Å². The zero-order chi connectivity index (χ0) is 22.6. The summed E-state index contributed by atoms with van der Waals surface area (Å²) >= 11 is 1.69. The molecule has 1 aromatic heterocycles. The van der Waals surface area contributed by atoms with Gasteiger partial charge in [-0.15, -0.1) is 0 Å². The van der Waals surface area contributed by atoms with Gasteiger partial charge in [0, 0.05) is 36.5 Å². The molecular weight excluding hydrogens is 444 g/mol. The second kappa shape index (κ2) is 7.62. The Labute approximate surface area is 201 Å². The van der Waals surface area contributed by atoms with Crippen molar-refractivity contribution >= 4 is 38.1 Å². The molecular formula is C27H22N4O2S. The average molecular weight is 467 g/mol. The van der Waals surface area contributed by atoms with Crippen LogP contribution in [0, 0.1) is 0 Å². The highest BCUT2D eigenvalue weighted by Crippen LogP contribution is 2.51. The van der Waals surface area contributed by atoms with Gasteiger partial charge in [0.25, 0.3) is 0 Å². The molecule has 1 unspecified atom stereocenters. The summed E-state index contributed by atoms with van der Waals surface area (Å²) in [5.74, 6) is 1.69. The minimum Gasteiger partial charge on any atom is -0.454 e. The topological polar surface area (TPSA) is 63.9 Å². The minimum absolute atomic E-state index is 0.147. The van der Waals surface area contributed by atoms with Gasteiger partial charge >= 0.3 is 0 Å². The van der Waals surface area contributed by atoms with E-state index in [1.165, 1.54) is 16.9 Å². The molecule has 2 N–H and O–H groups in total. The van der Waals surface area contributed by atoms with Crippen LogP contribution in [0.4, 0.5) is 10.8 Å². The number of nitrogens with two attached hydrogens (primary N) is 1. The maximum absolute atomic E-state index is 6.10. The molecule has 0 aliphatic carbocycles. The molecule has 4 aromatic rings. The summed E-state index contributed by atoms with van der Waals surface area (Å²) in [6.45, 7) is 1.54. The third kappa shape index (κ3) is 2.87. The number of fused-ring (bicyclic) bond motifs is 5. The summed E-state index contributed by atoms with van der Waals surface area (Å²) in [6, 6.07) is 23.0. The molecule has 0 saturated heterocycles. The van der Waals surface area contributed by atoms with E-state index in [4.69, 9.17) is 20.2 Å². The molecule has 6 nitrogen and oxygen atoms in total. The van der Waals surface area contributed by atoms with Crippen LogP contribution < -0.4 is 25.0 Å². The monoisotopic (exact) mass is 466 g/mol. The molecule has 4 heterocycles. The van der Waals surface area contributed by atoms with Crippen LogP contribution in [0.1, 0.15) is 17.0 Å². The number of aromatic nitrogens is 1. The molecule has 1 atom stereocenters. The van der Waals surface area contributed by atoms with Gasteiger partial charge in [0.1, 0.15) is 0 Å². The molecule has 3 aliphatic heterocycles. The van der Waals surface area contributed by atoms with Crippen molar-refractivity contribution in [2.75, 3.05) is 29.7 Å². The Morgan fingerprint density at radius 3 is 2.76 bits per heavy atom. The molecule has 34 heavy (non-hydrogen) atoms.